The molecule has 0 spiro atoms. The number of hydrogen-bond donors (Lipinski definition) is 2. The van der Waals surface area contributed by atoms with Gasteiger partial charge in [-0.25, -0.2) is 4.39 Å². The van der Waals surface area contributed by atoms with Crippen LogP contribution in [0, 0.1) is 11.7 Å². The maximum absolute atomic E-state index is 13.2. The van der Waals surface area contributed by atoms with Crippen molar-refractivity contribution in [3.63, 3.8) is 0 Å². The minimum Gasteiger partial charge on any atom is -0.355 e. The topological polar surface area (TPSA) is 55.1 Å². The van der Waals surface area contributed by atoms with Gasteiger partial charge in [0.1, 0.15) is 5.82 Å². The van der Waals surface area contributed by atoms with Crippen LogP contribution in [0.15, 0.2) is 24.3 Å². The first-order valence-corrected chi connectivity index (χ1v) is 6.10. The molecule has 0 aromatic heterocycles. The molecule has 0 radical (unpaired) electrons. The van der Waals surface area contributed by atoms with Crippen molar-refractivity contribution in [3.8, 4) is 0 Å². The van der Waals surface area contributed by atoms with E-state index in [9.17, 15) is 9.18 Å². The monoisotopic (exact) mass is 252 g/mol. The minimum absolute atomic E-state index is 0.0676. The Morgan fingerprint density at radius 2 is 2.17 bits per heavy atom. The van der Waals surface area contributed by atoms with E-state index >= 15 is 0 Å². The zero-order valence-corrected chi connectivity index (χ0v) is 11.2. The fourth-order valence-corrected chi connectivity index (χ4v) is 1.60. The molecule has 4 heteroatoms. The summed E-state index contributed by atoms with van der Waals surface area (Å²) >= 11 is 0. The lowest BCUT2D eigenvalue weighted by Crippen LogP contribution is -2.40. The SMILES string of the molecule is CC(CN)C(=O)NCC(C)(C)c1cccc(F)c1. The molecule has 0 bridgehead atoms. The van der Waals surface area contributed by atoms with E-state index in [1.165, 1.54) is 12.1 Å². The van der Waals surface area contributed by atoms with E-state index in [1.807, 2.05) is 19.9 Å². The largest absolute Gasteiger partial charge is 0.355 e. The highest BCUT2D eigenvalue weighted by Crippen LogP contribution is 2.22. The smallest absolute Gasteiger partial charge is 0.224 e. The van der Waals surface area contributed by atoms with Gasteiger partial charge in [-0.3, -0.25) is 4.79 Å². The third kappa shape index (κ3) is 3.81. The first-order valence-electron chi connectivity index (χ1n) is 6.10. The Kier molecular flexibility index (Phi) is 4.84. The molecule has 1 atom stereocenters. The maximum atomic E-state index is 13.2. The summed E-state index contributed by atoms with van der Waals surface area (Å²) in [6, 6.07) is 6.45. The zero-order valence-electron chi connectivity index (χ0n) is 11.2. The number of nitrogens with one attached hydrogen (secondary N) is 1. The molecule has 100 valence electrons. The molecule has 1 amide bonds. The lowest BCUT2D eigenvalue weighted by molar-refractivity contribution is -0.124. The van der Waals surface area contributed by atoms with Gasteiger partial charge in [-0.15, -0.1) is 0 Å². The molecule has 1 aromatic rings. The standard InChI is InChI=1S/C14H21FN2O/c1-10(8-16)13(18)17-9-14(2,3)11-5-4-6-12(15)7-11/h4-7,10H,8-9,16H2,1-3H3,(H,17,18). The van der Waals surface area contributed by atoms with Crippen LogP contribution in [0.25, 0.3) is 0 Å². The molecule has 0 fully saturated rings. The van der Waals surface area contributed by atoms with Gasteiger partial charge in [-0.05, 0) is 17.7 Å². The van der Waals surface area contributed by atoms with Gasteiger partial charge in [0.15, 0.2) is 0 Å². The molecule has 1 rings (SSSR count). The van der Waals surface area contributed by atoms with Crippen molar-refractivity contribution in [2.75, 3.05) is 13.1 Å². The van der Waals surface area contributed by atoms with Crippen molar-refractivity contribution in [1.82, 2.24) is 5.32 Å². The van der Waals surface area contributed by atoms with Gasteiger partial charge in [-0.2, -0.15) is 0 Å². The molecule has 0 saturated carbocycles. The molecular formula is C14H21FN2O. The van der Waals surface area contributed by atoms with Gasteiger partial charge in [0.2, 0.25) is 5.91 Å². The number of nitrogens with two attached hydrogens (primary N) is 1. The van der Waals surface area contributed by atoms with E-state index in [4.69, 9.17) is 5.73 Å². The normalized spacial score (nSPS) is 13.2. The van der Waals surface area contributed by atoms with Crippen LogP contribution in [0.1, 0.15) is 26.3 Å². The molecule has 0 aliphatic carbocycles. The molecule has 0 heterocycles. The Bertz CT molecular complexity index is 418. The fourth-order valence-electron chi connectivity index (χ4n) is 1.60. The average Bonchev–Trinajstić information content (AvgIpc) is 2.35. The molecule has 3 N–H and O–H groups in total. The van der Waals surface area contributed by atoms with Gasteiger partial charge in [0, 0.05) is 24.4 Å². The summed E-state index contributed by atoms with van der Waals surface area (Å²) in [5.41, 5.74) is 5.98. The van der Waals surface area contributed by atoms with Crippen molar-refractivity contribution < 1.29 is 9.18 Å². The highest BCUT2D eigenvalue weighted by molar-refractivity contribution is 5.78. The summed E-state index contributed by atoms with van der Waals surface area (Å²) in [6.07, 6.45) is 0. The number of benzene rings is 1. The second-order valence-electron chi connectivity index (χ2n) is 5.25. The second-order valence-corrected chi connectivity index (χ2v) is 5.25. The number of amides is 1. The Morgan fingerprint density at radius 3 is 2.72 bits per heavy atom. The van der Waals surface area contributed by atoms with Crippen LogP contribution in [0.3, 0.4) is 0 Å². The van der Waals surface area contributed by atoms with Crippen molar-refractivity contribution in [2.24, 2.45) is 11.7 Å². The highest BCUT2D eigenvalue weighted by Gasteiger charge is 2.22. The summed E-state index contributed by atoms with van der Waals surface area (Å²) in [5.74, 6) is -0.530. The summed E-state index contributed by atoms with van der Waals surface area (Å²) < 4.78 is 13.2. The van der Waals surface area contributed by atoms with E-state index < -0.39 is 0 Å². The number of hydrogen-bond acceptors (Lipinski definition) is 2. The third-order valence-electron chi connectivity index (χ3n) is 3.11. The minimum atomic E-state index is -0.313. The molecule has 3 nitrogen and oxygen atoms in total. The van der Waals surface area contributed by atoms with Gasteiger partial charge in [0.25, 0.3) is 0 Å². The number of halogens is 1. The highest BCUT2D eigenvalue weighted by atomic mass is 19.1. The van der Waals surface area contributed by atoms with Crippen LogP contribution < -0.4 is 11.1 Å². The first-order chi connectivity index (χ1) is 8.36. The molecular weight excluding hydrogens is 231 g/mol. The fraction of sp³-hybridized carbons (Fsp3) is 0.500. The predicted octanol–water partition coefficient (Wildman–Crippen LogP) is 1.81. The Labute approximate surface area is 108 Å². The predicted molar refractivity (Wildman–Crippen MR) is 70.7 cm³/mol. The van der Waals surface area contributed by atoms with Gasteiger partial charge >= 0.3 is 0 Å². The summed E-state index contributed by atoms with van der Waals surface area (Å²) in [4.78, 5) is 11.7. The summed E-state index contributed by atoms with van der Waals surface area (Å²) in [7, 11) is 0. The molecule has 1 aromatic carbocycles. The van der Waals surface area contributed by atoms with E-state index in [0.29, 0.717) is 13.1 Å². The summed E-state index contributed by atoms with van der Waals surface area (Å²) in [5, 5.41) is 2.85. The van der Waals surface area contributed by atoms with Crippen LogP contribution in [-0.2, 0) is 10.2 Å². The Morgan fingerprint density at radius 1 is 1.50 bits per heavy atom. The Balaban J connectivity index is 2.68. The Hall–Kier alpha value is -1.42. The summed E-state index contributed by atoms with van der Waals surface area (Å²) in [6.45, 7) is 6.50. The lowest BCUT2D eigenvalue weighted by Gasteiger charge is -2.26. The third-order valence-corrected chi connectivity index (χ3v) is 3.11. The molecule has 0 aliphatic rings. The zero-order chi connectivity index (χ0) is 13.8. The number of carbonyl (C=O) groups excluding carboxylic acids is 1. The maximum Gasteiger partial charge on any atom is 0.224 e. The van der Waals surface area contributed by atoms with Gasteiger partial charge < -0.3 is 11.1 Å². The quantitative estimate of drug-likeness (QED) is 0.839. The van der Waals surface area contributed by atoms with Crippen molar-refractivity contribution >= 4 is 5.91 Å². The van der Waals surface area contributed by atoms with Crippen molar-refractivity contribution in [2.45, 2.75) is 26.2 Å². The molecule has 1 unspecified atom stereocenters. The molecule has 0 aliphatic heterocycles. The van der Waals surface area contributed by atoms with E-state index in [-0.39, 0.29) is 23.1 Å². The number of rotatable bonds is 5. The van der Waals surface area contributed by atoms with E-state index in [0.717, 1.165) is 5.56 Å². The molecule has 18 heavy (non-hydrogen) atoms. The van der Waals surface area contributed by atoms with Crippen LogP contribution in [0.4, 0.5) is 4.39 Å². The molecule has 0 saturated heterocycles. The van der Waals surface area contributed by atoms with Crippen LogP contribution in [-0.4, -0.2) is 19.0 Å². The van der Waals surface area contributed by atoms with Crippen LogP contribution in [0.5, 0.6) is 0 Å². The first kappa shape index (κ1) is 14.6. The lowest BCUT2D eigenvalue weighted by atomic mass is 9.84. The van der Waals surface area contributed by atoms with Crippen LogP contribution >= 0.6 is 0 Å². The van der Waals surface area contributed by atoms with E-state index in [2.05, 4.69) is 5.32 Å². The van der Waals surface area contributed by atoms with Gasteiger partial charge in [-0.1, -0.05) is 32.9 Å². The van der Waals surface area contributed by atoms with Crippen molar-refractivity contribution in [3.05, 3.63) is 35.6 Å². The van der Waals surface area contributed by atoms with Gasteiger partial charge in [0.05, 0.1) is 0 Å². The van der Waals surface area contributed by atoms with E-state index in [1.54, 1.807) is 13.0 Å². The number of carbonyl (C=O) groups is 1. The average molecular weight is 252 g/mol. The van der Waals surface area contributed by atoms with Crippen molar-refractivity contribution in [1.29, 1.82) is 0 Å². The van der Waals surface area contributed by atoms with Crippen LogP contribution in [0.2, 0.25) is 0 Å². The second kappa shape index (κ2) is 5.96.